The highest BCUT2D eigenvalue weighted by atomic mass is 16.4. The van der Waals surface area contributed by atoms with Crippen molar-refractivity contribution >= 4 is 11.9 Å². The SMILES string of the molecule is CCC(C(=O)O)N(C)C(=O)c1cc(C)nn1CC. The van der Waals surface area contributed by atoms with Crippen LogP contribution in [0.15, 0.2) is 6.07 Å². The highest BCUT2D eigenvalue weighted by Crippen LogP contribution is 2.11. The highest BCUT2D eigenvalue weighted by molar-refractivity contribution is 5.95. The molecule has 6 heteroatoms. The Bertz CT molecular complexity index is 453. The number of aromatic nitrogens is 2. The molecule has 1 aromatic rings. The third kappa shape index (κ3) is 2.69. The lowest BCUT2D eigenvalue weighted by molar-refractivity contribution is -0.142. The molecule has 0 radical (unpaired) electrons. The van der Waals surface area contributed by atoms with E-state index in [1.54, 1.807) is 24.6 Å². The molecule has 100 valence electrons. The molecule has 1 aromatic heterocycles. The lowest BCUT2D eigenvalue weighted by Gasteiger charge is -2.23. The van der Waals surface area contributed by atoms with Gasteiger partial charge in [-0.15, -0.1) is 0 Å². The summed E-state index contributed by atoms with van der Waals surface area (Å²) in [5.41, 5.74) is 1.18. The van der Waals surface area contributed by atoms with Crippen LogP contribution in [0.2, 0.25) is 0 Å². The van der Waals surface area contributed by atoms with Gasteiger partial charge >= 0.3 is 5.97 Å². The second kappa shape index (κ2) is 5.66. The summed E-state index contributed by atoms with van der Waals surface area (Å²) in [6.45, 7) is 6.01. The third-order valence-electron chi connectivity index (χ3n) is 2.88. The van der Waals surface area contributed by atoms with Crippen LogP contribution in [0.25, 0.3) is 0 Å². The van der Waals surface area contributed by atoms with E-state index in [1.165, 1.54) is 11.9 Å². The van der Waals surface area contributed by atoms with Crippen molar-refractivity contribution in [2.24, 2.45) is 0 Å². The molecule has 0 saturated heterocycles. The number of carboxylic acids is 1. The summed E-state index contributed by atoms with van der Waals surface area (Å²) in [5.74, 6) is -1.31. The minimum absolute atomic E-state index is 0.313. The van der Waals surface area contributed by atoms with Crippen molar-refractivity contribution in [2.45, 2.75) is 39.8 Å². The van der Waals surface area contributed by atoms with Crippen LogP contribution in [0.5, 0.6) is 0 Å². The van der Waals surface area contributed by atoms with Crippen molar-refractivity contribution in [1.29, 1.82) is 0 Å². The van der Waals surface area contributed by atoms with Crippen LogP contribution in [-0.2, 0) is 11.3 Å². The zero-order valence-electron chi connectivity index (χ0n) is 11.2. The molecule has 0 fully saturated rings. The molecular formula is C12H19N3O3. The molecule has 0 aliphatic rings. The van der Waals surface area contributed by atoms with E-state index < -0.39 is 12.0 Å². The first-order valence-corrected chi connectivity index (χ1v) is 5.96. The molecule has 0 aromatic carbocycles. The molecule has 1 amide bonds. The second-order valence-electron chi connectivity index (χ2n) is 4.17. The molecular weight excluding hydrogens is 234 g/mol. The van der Waals surface area contributed by atoms with E-state index in [0.29, 0.717) is 18.7 Å². The fourth-order valence-corrected chi connectivity index (χ4v) is 1.90. The summed E-state index contributed by atoms with van der Waals surface area (Å²) in [6, 6.07) is 0.870. The molecule has 1 N–H and O–H groups in total. The Kier molecular flexibility index (Phi) is 4.47. The fraction of sp³-hybridized carbons (Fsp3) is 0.583. The van der Waals surface area contributed by atoms with Crippen LogP contribution in [0, 0.1) is 6.92 Å². The number of aliphatic carboxylic acids is 1. The number of hydrogen-bond acceptors (Lipinski definition) is 3. The Morgan fingerprint density at radius 1 is 1.50 bits per heavy atom. The number of likely N-dealkylation sites (N-methyl/N-ethyl adjacent to an activating group) is 1. The monoisotopic (exact) mass is 253 g/mol. The van der Waals surface area contributed by atoms with E-state index in [0.717, 1.165) is 5.69 Å². The topological polar surface area (TPSA) is 75.4 Å². The molecule has 1 rings (SSSR count). The van der Waals surface area contributed by atoms with Crippen LogP contribution < -0.4 is 0 Å². The number of nitrogens with zero attached hydrogens (tertiary/aromatic N) is 3. The van der Waals surface area contributed by atoms with E-state index in [9.17, 15) is 9.59 Å². The summed E-state index contributed by atoms with van der Waals surface area (Å²) in [6.07, 6.45) is 0.372. The number of aryl methyl sites for hydroxylation is 2. The van der Waals surface area contributed by atoms with Crippen LogP contribution in [0.3, 0.4) is 0 Å². The molecule has 1 heterocycles. The predicted molar refractivity (Wildman–Crippen MR) is 66.4 cm³/mol. The van der Waals surface area contributed by atoms with Crippen molar-refractivity contribution in [3.63, 3.8) is 0 Å². The molecule has 0 aliphatic heterocycles. The van der Waals surface area contributed by atoms with Crippen LogP contribution >= 0.6 is 0 Å². The number of rotatable bonds is 5. The average molecular weight is 253 g/mol. The van der Waals surface area contributed by atoms with Crippen molar-refractivity contribution in [2.75, 3.05) is 7.05 Å². The molecule has 0 spiro atoms. The minimum Gasteiger partial charge on any atom is -0.480 e. The largest absolute Gasteiger partial charge is 0.480 e. The van der Waals surface area contributed by atoms with Gasteiger partial charge in [-0.05, 0) is 26.3 Å². The van der Waals surface area contributed by atoms with Crippen LogP contribution in [-0.4, -0.2) is 44.8 Å². The molecule has 0 saturated carbocycles. The summed E-state index contributed by atoms with van der Waals surface area (Å²) < 4.78 is 1.59. The second-order valence-corrected chi connectivity index (χ2v) is 4.17. The predicted octanol–water partition coefficient (Wildman–Crippen LogP) is 1.15. The van der Waals surface area contributed by atoms with Gasteiger partial charge in [0.2, 0.25) is 0 Å². The summed E-state index contributed by atoms with van der Waals surface area (Å²) >= 11 is 0. The maximum atomic E-state index is 12.2. The Hall–Kier alpha value is -1.85. The quantitative estimate of drug-likeness (QED) is 0.854. The Labute approximate surface area is 106 Å². The zero-order valence-corrected chi connectivity index (χ0v) is 11.2. The van der Waals surface area contributed by atoms with Crippen molar-refractivity contribution < 1.29 is 14.7 Å². The van der Waals surface area contributed by atoms with E-state index in [1.807, 2.05) is 6.92 Å². The van der Waals surface area contributed by atoms with Gasteiger partial charge in [-0.2, -0.15) is 5.10 Å². The Morgan fingerprint density at radius 3 is 2.56 bits per heavy atom. The Balaban J connectivity index is 3.02. The summed E-state index contributed by atoms with van der Waals surface area (Å²) in [7, 11) is 1.51. The highest BCUT2D eigenvalue weighted by Gasteiger charge is 2.27. The lowest BCUT2D eigenvalue weighted by atomic mass is 10.2. The summed E-state index contributed by atoms with van der Waals surface area (Å²) in [4.78, 5) is 24.6. The van der Waals surface area contributed by atoms with Crippen molar-refractivity contribution in [3.05, 3.63) is 17.5 Å². The normalized spacial score (nSPS) is 12.2. The number of carboxylic acid groups (broad SMARTS) is 1. The molecule has 18 heavy (non-hydrogen) atoms. The molecule has 0 bridgehead atoms. The van der Waals surface area contributed by atoms with Gasteiger partial charge in [-0.3, -0.25) is 9.48 Å². The minimum atomic E-state index is -0.993. The van der Waals surface area contributed by atoms with Crippen molar-refractivity contribution in [1.82, 2.24) is 14.7 Å². The Morgan fingerprint density at radius 2 is 2.11 bits per heavy atom. The maximum Gasteiger partial charge on any atom is 0.326 e. The third-order valence-corrected chi connectivity index (χ3v) is 2.88. The maximum absolute atomic E-state index is 12.2. The van der Waals surface area contributed by atoms with Crippen LogP contribution in [0.4, 0.5) is 0 Å². The standard InChI is InChI=1S/C12H19N3O3/c1-5-9(12(17)18)14(4)11(16)10-7-8(3)13-15(10)6-2/h7,9H,5-6H2,1-4H3,(H,17,18). The van der Waals surface area contributed by atoms with E-state index in [4.69, 9.17) is 5.11 Å². The van der Waals surface area contributed by atoms with E-state index >= 15 is 0 Å². The van der Waals surface area contributed by atoms with Crippen LogP contribution in [0.1, 0.15) is 36.5 Å². The zero-order chi connectivity index (χ0) is 13.9. The van der Waals surface area contributed by atoms with Gasteiger partial charge in [-0.1, -0.05) is 6.92 Å². The van der Waals surface area contributed by atoms with Gasteiger partial charge in [0.25, 0.3) is 5.91 Å². The molecule has 6 nitrogen and oxygen atoms in total. The average Bonchev–Trinajstić information content (AvgIpc) is 2.69. The molecule has 1 atom stereocenters. The van der Waals surface area contributed by atoms with Gasteiger partial charge in [-0.25, -0.2) is 4.79 Å². The van der Waals surface area contributed by atoms with Gasteiger partial charge < -0.3 is 10.0 Å². The smallest absolute Gasteiger partial charge is 0.326 e. The molecule has 1 unspecified atom stereocenters. The fourth-order valence-electron chi connectivity index (χ4n) is 1.90. The number of amides is 1. The first kappa shape index (κ1) is 14.2. The number of carbonyl (C=O) groups is 2. The number of hydrogen-bond donors (Lipinski definition) is 1. The van der Waals surface area contributed by atoms with E-state index in [-0.39, 0.29) is 5.91 Å². The van der Waals surface area contributed by atoms with E-state index in [2.05, 4.69) is 5.10 Å². The van der Waals surface area contributed by atoms with Gasteiger partial charge in [0, 0.05) is 13.6 Å². The first-order chi connectivity index (χ1) is 8.42. The summed E-state index contributed by atoms with van der Waals surface area (Å²) in [5, 5.41) is 13.2. The lowest BCUT2D eigenvalue weighted by Crippen LogP contribution is -2.42. The first-order valence-electron chi connectivity index (χ1n) is 5.96. The van der Waals surface area contributed by atoms with Gasteiger partial charge in [0.1, 0.15) is 11.7 Å². The van der Waals surface area contributed by atoms with Gasteiger partial charge in [0.15, 0.2) is 0 Å². The number of carbonyl (C=O) groups excluding carboxylic acids is 1. The van der Waals surface area contributed by atoms with Crippen molar-refractivity contribution in [3.8, 4) is 0 Å². The molecule has 0 aliphatic carbocycles. The van der Waals surface area contributed by atoms with Gasteiger partial charge in [0.05, 0.1) is 5.69 Å².